The predicted molar refractivity (Wildman–Crippen MR) is 91.8 cm³/mol. The Hall–Kier alpha value is -1.70. The van der Waals surface area contributed by atoms with Crippen molar-refractivity contribution in [2.75, 3.05) is 4.72 Å². The maximum atomic E-state index is 12.7. The van der Waals surface area contributed by atoms with Crippen LogP contribution in [0.3, 0.4) is 0 Å². The number of halogens is 2. The van der Waals surface area contributed by atoms with Gasteiger partial charge in [0, 0.05) is 24.1 Å². The molecule has 122 valence electrons. The maximum Gasteiger partial charge on any atom is 0.264 e. The number of H-pyrrole nitrogens is 1. The Morgan fingerprint density at radius 3 is 2.48 bits per heavy atom. The minimum absolute atomic E-state index is 0.105. The van der Waals surface area contributed by atoms with Crippen LogP contribution in [0.4, 0.5) is 5.69 Å². The van der Waals surface area contributed by atoms with Crippen LogP contribution < -0.4 is 4.72 Å². The highest BCUT2D eigenvalue weighted by molar-refractivity contribution is 7.93. The zero-order valence-electron chi connectivity index (χ0n) is 12.6. The average molecular weight is 373 g/mol. The van der Waals surface area contributed by atoms with E-state index in [2.05, 4.69) is 14.8 Å². The molecule has 9 heteroatoms. The molecule has 0 aliphatic heterocycles. The number of aromatic amines is 1. The number of sulfonamides is 1. The summed E-state index contributed by atoms with van der Waals surface area (Å²) in [7, 11) is -2.04. The zero-order valence-corrected chi connectivity index (χ0v) is 14.9. The lowest BCUT2D eigenvalue weighted by atomic mass is 10.2. The number of anilines is 1. The molecular weight excluding hydrogens is 359 g/mol. The molecule has 2 N–H and O–H groups in total. The molecule has 0 saturated carbocycles. The normalized spacial score (nSPS) is 12.0. The molecule has 2 aromatic heterocycles. The van der Waals surface area contributed by atoms with Crippen molar-refractivity contribution in [3.63, 3.8) is 0 Å². The van der Waals surface area contributed by atoms with E-state index in [0.29, 0.717) is 32.3 Å². The molecule has 0 unspecified atom stereocenters. The van der Waals surface area contributed by atoms with Crippen LogP contribution in [0.1, 0.15) is 11.4 Å². The lowest BCUT2D eigenvalue weighted by Gasteiger charge is -2.08. The first kappa shape index (κ1) is 16.2. The van der Waals surface area contributed by atoms with Gasteiger partial charge in [-0.15, -0.1) is 0 Å². The van der Waals surface area contributed by atoms with E-state index in [1.54, 1.807) is 31.6 Å². The Labute approximate surface area is 143 Å². The molecule has 3 aromatic rings. The van der Waals surface area contributed by atoms with Crippen LogP contribution in [0, 0.1) is 13.8 Å². The third-order valence-electron chi connectivity index (χ3n) is 3.72. The van der Waals surface area contributed by atoms with Gasteiger partial charge in [-0.2, -0.15) is 5.10 Å². The maximum absolute atomic E-state index is 12.7. The molecule has 0 spiro atoms. The van der Waals surface area contributed by atoms with E-state index < -0.39 is 10.0 Å². The van der Waals surface area contributed by atoms with Crippen LogP contribution >= 0.6 is 23.2 Å². The number of aryl methyl sites for hydroxylation is 2. The first-order chi connectivity index (χ1) is 10.7. The van der Waals surface area contributed by atoms with E-state index in [1.165, 1.54) is 12.3 Å². The topological polar surface area (TPSA) is 79.8 Å². The summed E-state index contributed by atoms with van der Waals surface area (Å²) in [6, 6.07) is 3.13. The quantitative estimate of drug-likeness (QED) is 0.736. The number of nitrogens with zero attached hydrogens (tertiary/aromatic N) is 2. The minimum Gasteiger partial charge on any atom is -0.360 e. The molecule has 0 radical (unpaired) electrons. The molecule has 0 bridgehead atoms. The summed E-state index contributed by atoms with van der Waals surface area (Å²) >= 11 is 12.0. The van der Waals surface area contributed by atoms with E-state index in [-0.39, 0.29) is 4.90 Å². The molecule has 0 atom stereocenters. The number of benzene rings is 1. The standard InChI is InChI=1S/C14H14Cl2N4O2S/c1-7-14(8(2)20(3)18-7)19-23(21,22)13-6-17-12-5-11(16)10(15)4-9(12)13/h4-6,17,19H,1-3H3. The number of aromatic nitrogens is 3. The van der Waals surface area contributed by atoms with Crippen molar-refractivity contribution < 1.29 is 8.42 Å². The highest BCUT2D eigenvalue weighted by Crippen LogP contribution is 2.32. The lowest BCUT2D eigenvalue weighted by Crippen LogP contribution is -2.13. The third-order valence-corrected chi connectivity index (χ3v) is 5.83. The van der Waals surface area contributed by atoms with Gasteiger partial charge in [-0.3, -0.25) is 9.40 Å². The summed E-state index contributed by atoms with van der Waals surface area (Å²) in [5.41, 5.74) is 2.41. The summed E-state index contributed by atoms with van der Waals surface area (Å²) in [5, 5.41) is 5.34. The SMILES string of the molecule is Cc1nn(C)c(C)c1NS(=O)(=O)c1c[nH]c2cc(Cl)c(Cl)cc12. The van der Waals surface area contributed by atoms with Gasteiger partial charge in [0.1, 0.15) is 4.90 Å². The summed E-state index contributed by atoms with van der Waals surface area (Å²) in [6.07, 6.45) is 1.42. The molecule has 0 amide bonds. The summed E-state index contributed by atoms with van der Waals surface area (Å²) in [6.45, 7) is 3.54. The van der Waals surface area contributed by atoms with E-state index in [4.69, 9.17) is 23.2 Å². The fraction of sp³-hybridized carbons (Fsp3) is 0.214. The fourth-order valence-corrected chi connectivity index (χ4v) is 4.10. The van der Waals surface area contributed by atoms with Gasteiger partial charge >= 0.3 is 0 Å². The van der Waals surface area contributed by atoms with Crippen molar-refractivity contribution in [1.82, 2.24) is 14.8 Å². The van der Waals surface area contributed by atoms with Gasteiger partial charge < -0.3 is 4.98 Å². The first-order valence-corrected chi connectivity index (χ1v) is 8.94. The van der Waals surface area contributed by atoms with Crippen molar-refractivity contribution in [2.45, 2.75) is 18.7 Å². The smallest absolute Gasteiger partial charge is 0.264 e. The van der Waals surface area contributed by atoms with Crippen molar-refractivity contribution in [1.29, 1.82) is 0 Å². The monoisotopic (exact) mass is 372 g/mol. The summed E-state index contributed by atoms with van der Waals surface area (Å²) in [4.78, 5) is 3.00. The van der Waals surface area contributed by atoms with Crippen LogP contribution in [0.2, 0.25) is 10.0 Å². The number of hydrogen-bond donors (Lipinski definition) is 2. The molecule has 1 aromatic carbocycles. The molecule has 0 aliphatic carbocycles. The highest BCUT2D eigenvalue weighted by atomic mass is 35.5. The van der Waals surface area contributed by atoms with Crippen molar-refractivity contribution in [3.05, 3.63) is 39.8 Å². The van der Waals surface area contributed by atoms with Gasteiger partial charge in [0.2, 0.25) is 0 Å². The molecular formula is C14H14Cl2N4O2S. The van der Waals surface area contributed by atoms with E-state index in [1.807, 2.05) is 0 Å². The van der Waals surface area contributed by atoms with Crippen LogP contribution in [-0.4, -0.2) is 23.2 Å². The summed E-state index contributed by atoms with van der Waals surface area (Å²) < 4.78 is 29.7. The highest BCUT2D eigenvalue weighted by Gasteiger charge is 2.23. The van der Waals surface area contributed by atoms with Crippen molar-refractivity contribution >= 4 is 49.8 Å². The van der Waals surface area contributed by atoms with E-state index in [0.717, 1.165) is 5.69 Å². The fourth-order valence-electron chi connectivity index (χ4n) is 2.42. The number of rotatable bonds is 3. The van der Waals surface area contributed by atoms with Gasteiger partial charge in [-0.1, -0.05) is 23.2 Å². The van der Waals surface area contributed by atoms with Crippen LogP contribution in [0.25, 0.3) is 10.9 Å². The molecule has 3 rings (SSSR count). The second-order valence-electron chi connectivity index (χ2n) is 5.24. The van der Waals surface area contributed by atoms with Gasteiger partial charge in [-0.25, -0.2) is 8.42 Å². The number of fused-ring (bicyclic) bond motifs is 1. The van der Waals surface area contributed by atoms with Crippen LogP contribution in [-0.2, 0) is 17.1 Å². The Balaban J connectivity index is 2.12. The number of nitrogens with one attached hydrogen (secondary N) is 2. The molecule has 23 heavy (non-hydrogen) atoms. The van der Waals surface area contributed by atoms with Gasteiger partial charge in [0.05, 0.1) is 27.1 Å². The lowest BCUT2D eigenvalue weighted by molar-refractivity contribution is 0.602. The van der Waals surface area contributed by atoms with Gasteiger partial charge in [-0.05, 0) is 26.0 Å². The van der Waals surface area contributed by atoms with E-state index >= 15 is 0 Å². The Morgan fingerprint density at radius 2 is 1.87 bits per heavy atom. The Morgan fingerprint density at radius 1 is 1.22 bits per heavy atom. The largest absolute Gasteiger partial charge is 0.360 e. The van der Waals surface area contributed by atoms with Gasteiger partial charge in [0.25, 0.3) is 10.0 Å². The van der Waals surface area contributed by atoms with Crippen molar-refractivity contribution in [3.8, 4) is 0 Å². The Kier molecular flexibility index (Phi) is 3.82. The third kappa shape index (κ3) is 2.69. The Bertz CT molecular complexity index is 1020. The molecule has 2 heterocycles. The second kappa shape index (κ2) is 5.43. The molecule has 0 aliphatic rings. The minimum atomic E-state index is -3.79. The molecule has 0 saturated heterocycles. The molecule has 6 nitrogen and oxygen atoms in total. The second-order valence-corrected chi connectivity index (χ2v) is 7.70. The predicted octanol–water partition coefficient (Wildman–Crippen LogP) is 3.63. The zero-order chi connectivity index (χ0) is 16.9. The summed E-state index contributed by atoms with van der Waals surface area (Å²) in [5.74, 6) is 0. The van der Waals surface area contributed by atoms with Crippen LogP contribution in [0.15, 0.2) is 23.2 Å². The number of hydrogen-bond acceptors (Lipinski definition) is 3. The average Bonchev–Trinajstić information content (AvgIpc) is 2.96. The van der Waals surface area contributed by atoms with Crippen LogP contribution in [0.5, 0.6) is 0 Å². The first-order valence-electron chi connectivity index (χ1n) is 6.70. The van der Waals surface area contributed by atoms with Gasteiger partial charge in [0.15, 0.2) is 0 Å². The van der Waals surface area contributed by atoms with Crippen molar-refractivity contribution in [2.24, 2.45) is 7.05 Å². The molecule has 0 fully saturated rings. The van der Waals surface area contributed by atoms with E-state index in [9.17, 15) is 8.42 Å².